The first-order chi connectivity index (χ1) is 15.6. The van der Waals surface area contributed by atoms with Gasteiger partial charge >= 0.3 is 0 Å². The summed E-state index contributed by atoms with van der Waals surface area (Å²) in [7, 11) is 1.53. The number of nitrogens with zero attached hydrogens (tertiary/aromatic N) is 5. The number of halogens is 1. The van der Waals surface area contributed by atoms with Crippen molar-refractivity contribution in [2.24, 2.45) is 0 Å². The number of fused-ring (bicyclic) bond motifs is 1. The number of hydrogen-bond acceptors (Lipinski definition) is 6. The van der Waals surface area contributed by atoms with Crippen molar-refractivity contribution in [1.82, 2.24) is 19.7 Å². The zero-order valence-corrected chi connectivity index (χ0v) is 18.2. The first kappa shape index (κ1) is 21.7. The van der Waals surface area contributed by atoms with Crippen LogP contribution in [0.4, 0.5) is 15.8 Å². The zero-order chi connectivity index (χ0) is 22.5. The Morgan fingerprint density at radius 3 is 2.75 bits per heavy atom. The monoisotopic (exact) mass is 435 g/mol. The molecule has 1 N–H and O–H groups in total. The van der Waals surface area contributed by atoms with Gasteiger partial charge in [-0.2, -0.15) is 5.10 Å². The lowest BCUT2D eigenvalue weighted by Gasteiger charge is -2.25. The van der Waals surface area contributed by atoms with Crippen LogP contribution >= 0.6 is 0 Å². The lowest BCUT2D eigenvalue weighted by atomic mass is 10.1. The van der Waals surface area contributed by atoms with E-state index in [0.717, 1.165) is 47.4 Å². The van der Waals surface area contributed by atoms with Crippen molar-refractivity contribution in [3.8, 4) is 17.0 Å². The van der Waals surface area contributed by atoms with Gasteiger partial charge in [0.25, 0.3) is 0 Å². The van der Waals surface area contributed by atoms with Crippen LogP contribution in [-0.4, -0.2) is 45.1 Å². The van der Waals surface area contributed by atoms with E-state index >= 15 is 0 Å². The summed E-state index contributed by atoms with van der Waals surface area (Å²) in [6, 6.07) is 10.6. The number of benzene rings is 2. The van der Waals surface area contributed by atoms with Gasteiger partial charge in [-0.25, -0.2) is 9.37 Å². The summed E-state index contributed by atoms with van der Waals surface area (Å²) in [5, 5.41) is 13.3. The van der Waals surface area contributed by atoms with Crippen molar-refractivity contribution in [3.05, 3.63) is 60.8 Å². The SMILES string of the molecule is CCCCN(c1cc(F)cc(OC)c1)c1ccc2ncc(-c3cnn(CCO)c3)nc2c1. The molecule has 4 aromatic rings. The maximum absolute atomic E-state index is 14.2. The maximum Gasteiger partial charge on any atom is 0.128 e. The Balaban J connectivity index is 1.74. The second-order valence-electron chi connectivity index (χ2n) is 7.50. The first-order valence-electron chi connectivity index (χ1n) is 10.6. The summed E-state index contributed by atoms with van der Waals surface area (Å²) < 4.78 is 21.1. The van der Waals surface area contributed by atoms with Gasteiger partial charge in [0.2, 0.25) is 0 Å². The Kier molecular flexibility index (Phi) is 6.61. The van der Waals surface area contributed by atoms with Gasteiger partial charge in [-0.3, -0.25) is 9.67 Å². The van der Waals surface area contributed by atoms with Crippen LogP contribution in [0.2, 0.25) is 0 Å². The highest BCUT2D eigenvalue weighted by Crippen LogP contribution is 2.32. The van der Waals surface area contributed by atoms with Crippen molar-refractivity contribution in [3.63, 3.8) is 0 Å². The predicted molar refractivity (Wildman–Crippen MR) is 123 cm³/mol. The normalized spacial score (nSPS) is 11.1. The van der Waals surface area contributed by atoms with Gasteiger partial charge in [0, 0.05) is 41.8 Å². The fourth-order valence-electron chi connectivity index (χ4n) is 3.57. The third kappa shape index (κ3) is 4.70. The van der Waals surface area contributed by atoms with E-state index in [1.807, 2.05) is 30.5 Å². The third-order valence-corrected chi connectivity index (χ3v) is 5.23. The van der Waals surface area contributed by atoms with Gasteiger partial charge in [-0.05, 0) is 30.7 Å². The number of anilines is 2. The van der Waals surface area contributed by atoms with E-state index in [1.165, 1.54) is 19.2 Å². The van der Waals surface area contributed by atoms with Crippen LogP contribution in [0.3, 0.4) is 0 Å². The Bertz CT molecular complexity index is 1210. The number of ether oxygens (including phenoxy) is 1. The fourth-order valence-corrected chi connectivity index (χ4v) is 3.57. The molecule has 0 fully saturated rings. The van der Waals surface area contributed by atoms with Crippen LogP contribution in [0.25, 0.3) is 22.3 Å². The summed E-state index contributed by atoms with van der Waals surface area (Å²) in [6.45, 7) is 3.30. The Hall–Kier alpha value is -3.52. The molecular formula is C24H26FN5O2. The van der Waals surface area contributed by atoms with Gasteiger partial charge < -0.3 is 14.7 Å². The Morgan fingerprint density at radius 1 is 1.09 bits per heavy atom. The van der Waals surface area contributed by atoms with Crippen LogP contribution in [0.15, 0.2) is 55.0 Å². The van der Waals surface area contributed by atoms with E-state index in [1.54, 1.807) is 17.1 Å². The minimum absolute atomic E-state index is 0.0202. The van der Waals surface area contributed by atoms with Crippen LogP contribution in [0, 0.1) is 5.82 Å². The minimum Gasteiger partial charge on any atom is -0.497 e. The van der Waals surface area contributed by atoms with Crippen molar-refractivity contribution >= 4 is 22.4 Å². The average Bonchev–Trinajstić information content (AvgIpc) is 3.27. The molecule has 0 atom stereocenters. The molecule has 32 heavy (non-hydrogen) atoms. The summed E-state index contributed by atoms with van der Waals surface area (Å²) in [6.07, 6.45) is 7.23. The predicted octanol–water partition coefficient (Wildman–Crippen LogP) is 4.57. The lowest BCUT2D eigenvalue weighted by Crippen LogP contribution is -2.18. The number of rotatable bonds is 9. The van der Waals surface area contributed by atoms with E-state index in [4.69, 9.17) is 14.8 Å². The molecule has 2 heterocycles. The summed E-state index contributed by atoms with van der Waals surface area (Å²) in [5.74, 6) is 0.132. The molecule has 7 nitrogen and oxygen atoms in total. The molecule has 2 aromatic carbocycles. The quantitative estimate of drug-likeness (QED) is 0.415. The molecule has 0 saturated heterocycles. The number of aliphatic hydroxyl groups is 1. The third-order valence-electron chi connectivity index (χ3n) is 5.23. The van der Waals surface area contributed by atoms with E-state index < -0.39 is 0 Å². The molecule has 0 amide bonds. The van der Waals surface area contributed by atoms with E-state index in [2.05, 4.69) is 21.9 Å². The van der Waals surface area contributed by atoms with Crippen LogP contribution in [0.5, 0.6) is 5.75 Å². The van der Waals surface area contributed by atoms with E-state index in [0.29, 0.717) is 18.0 Å². The number of aliphatic hydroxyl groups excluding tert-OH is 1. The number of aromatic nitrogens is 4. The number of hydrogen-bond donors (Lipinski definition) is 1. The summed E-state index contributed by atoms with van der Waals surface area (Å²) in [4.78, 5) is 11.4. The van der Waals surface area contributed by atoms with E-state index in [-0.39, 0.29) is 12.4 Å². The summed E-state index contributed by atoms with van der Waals surface area (Å²) >= 11 is 0. The molecule has 0 aliphatic carbocycles. The van der Waals surface area contributed by atoms with Gasteiger partial charge in [0.1, 0.15) is 11.6 Å². The van der Waals surface area contributed by atoms with Crippen molar-refractivity contribution in [1.29, 1.82) is 0 Å². The Labute approximate surface area is 186 Å². The second-order valence-corrected chi connectivity index (χ2v) is 7.50. The molecule has 0 bridgehead atoms. The maximum atomic E-state index is 14.2. The van der Waals surface area contributed by atoms with Gasteiger partial charge in [-0.15, -0.1) is 0 Å². The highest BCUT2D eigenvalue weighted by atomic mass is 19.1. The van der Waals surface area contributed by atoms with Crippen molar-refractivity contribution < 1.29 is 14.2 Å². The molecular weight excluding hydrogens is 409 g/mol. The highest BCUT2D eigenvalue weighted by molar-refractivity contribution is 5.82. The molecule has 166 valence electrons. The number of methoxy groups -OCH3 is 1. The fraction of sp³-hybridized carbons (Fsp3) is 0.292. The smallest absolute Gasteiger partial charge is 0.128 e. The van der Waals surface area contributed by atoms with Crippen LogP contribution < -0.4 is 9.64 Å². The van der Waals surface area contributed by atoms with E-state index in [9.17, 15) is 4.39 Å². The molecule has 2 aromatic heterocycles. The average molecular weight is 436 g/mol. The molecule has 0 saturated carbocycles. The standard InChI is InChI=1S/C24H26FN5O2/c1-3-4-7-30(20-10-18(25)11-21(12-20)32-2)19-5-6-22-23(13-19)28-24(15-26-22)17-14-27-29(16-17)8-9-31/h5-6,10-16,31H,3-4,7-9H2,1-2H3. The largest absolute Gasteiger partial charge is 0.497 e. The first-order valence-corrected chi connectivity index (χ1v) is 10.6. The molecule has 0 aliphatic heterocycles. The number of unbranched alkanes of at least 4 members (excludes halogenated alkanes) is 1. The molecule has 4 rings (SSSR count). The molecule has 0 spiro atoms. The topological polar surface area (TPSA) is 76.3 Å². The second kappa shape index (κ2) is 9.74. The summed E-state index contributed by atoms with van der Waals surface area (Å²) in [5.41, 5.74) is 4.67. The zero-order valence-electron chi connectivity index (χ0n) is 18.2. The van der Waals surface area contributed by atoms with Gasteiger partial charge in [-0.1, -0.05) is 13.3 Å². The van der Waals surface area contributed by atoms with Gasteiger partial charge in [0.05, 0.1) is 49.4 Å². The molecule has 0 aliphatic rings. The minimum atomic E-state index is -0.344. The van der Waals surface area contributed by atoms with Gasteiger partial charge in [0.15, 0.2) is 0 Å². The van der Waals surface area contributed by atoms with Crippen molar-refractivity contribution in [2.75, 3.05) is 25.2 Å². The van der Waals surface area contributed by atoms with Crippen molar-refractivity contribution in [2.45, 2.75) is 26.3 Å². The highest BCUT2D eigenvalue weighted by Gasteiger charge is 2.14. The molecule has 0 unspecified atom stereocenters. The molecule has 0 radical (unpaired) electrons. The lowest BCUT2D eigenvalue weighted by molar-refractivity contribution is 0.269. The Morgan fingerprint density at radius 2 is 1.97 bits per heavy atom. The molecule has 8 heteroatoms. The van der Waals surface area contributed by atoms with Crippen LogP contribution in [0.1, 0.15) is 19.8 Å². The van der Waals surface area contributed by atoms with Crippen LogP contribution in [-0.2, 0) is 6.54 Å².